The molecule has 6 heteroatoms. The number of aryl methyl sites for hydroxylation is 2. The fourth-order valence-corrected chi connectivity index (χ4v) is 3.06. The monoisotopic (exact) mass is 412 g/mol. The molecular formula is C25H20N2O4. The smallest absolute Gasteiger partial charge is 0.339 e. The number of carbonyl (C=O) groups is 3. The molecular weight excluding hydrogens is 392 g/mol. The molecule has 0 aromatic heterocycles. The lowest BCUT2D eigenvalue weighted by atomic mass is 9.94. The van der Waals surface area contributed by atoms with Crippen LogP contribution in [-0.2, 0) is 9.53 Å². The topological polar surface area (TPSA) is 96.3 Å². The maximum atomic E-state index is 13.1. The largest absolute Gasteiger partial charge is 0.452 e. The highest BCUT2D eigenvalue weighted by molar-refractivity contribution is 6.15. The van der Waals surface area contributed by atoms with Crippen molar-refractivity contribution >= 4 is 23.3 Å². The summed E-state index contributed by atoms with van der Waals surface area (Å²) in [5.41, 5.74) is 3.37. The van der Waals surface area contributed by atoms with Gasteiger partial charge in [-0.3, -0.25) is 9.59 Å². The molecule has 0 radical (unpaired) electrons. The second-order valence-electron chi connectivity index (χ2n) is 7.01. The number of esters is 1. The molecule has 1 amide bonds. The van der Waals surface area contributed by atoms with E-state index in [1.165, 1.54) is 12.1 Å². The Morgan fingerprint density at radius 3 is 2.39 bits per heavy atom. The van der Waals surface area contributed by atoms with Crippen LogP contribution in [0.1, 0.15) is 43.0 Å². The molecule has 0 saturated heterocycles. The third-order valence-corrected chi connectivity index (χ3v) is 4.64. The first-order chi connectivity index (χ1) is 14.9. The predicted octanol–water partition coefficient (Wildman–Crippen LogP) is 4.20. The zero-order valence-corrected chi connectivity index (χ0v) is 17.1. The number of rotatable bonds is 6. The van der Waals surface area contributed by atoms with Crippen LogP contribution in [0.15, 0.2) is 66.7 Å². The predicted molar refractivity (Wildman–Crippen MR) is 116 cm³/mol. The molecule has 3 aromatic rings. The Hall–Kier alpha value is -4.24. The van der Waals surface area contributed by atoms with Gasteiger partial charge < -0.3 is 10.1 Å². The molecule has 3 rings (SSSR count). The summed E-state index contributed by atoms with van der Waals surface area (Å²) in [5, 5.41) is 11.5. The van der Waals surface area contributed by atoms with Gasteiger partial charge in [0.1, 0.15) is 0 Å². The van der Waals surface area contributed by atoms with Gasteiger partial charge in [-0.25, -0.2) is 4.79 Å². The van der Waals surface area contributed by atoms with Crippen molar-refractivity contribution in [3.63, 3.8) is 0 Å². The van der Waals surface area contributed by atoms with E-state index in [1.807, 2.05) is 32.0 Å². The molecule has 0 unspecified atom stereocenters. The van der Waals surface area contributed by atoms with Crippen LogP contribution in [0.5, 0.6) is 0 Å². The molecule has 154 valence electrons. The summed E-state index contributed by atoms with van der Waals surface area (Å²) >= 11 is 0. The normalized spacial score (nSPS) is 10.1. The van der Waals surface area contributed by atoms with Crippen LogP contribution in [0.25, 0.3) is 0 Å². The highest BCUT2D eigenvalue weighted by Gasteiger charge is 2.21. The third kappa shape index (κ3) is 5.22. The molecule has 0 fully saturated rings. The van der Waals surface area contributed by atoms with Crippen molar-refractivity contribution in [2.75, 3.05) is 11.9 Å². The molecule has 0 spiro atoms. The molecule has 0 aliphatic rings. The number of amides is 1. The molecule has 0 atom stereocenters. The van der Waals surface area contributed by atoms with Gasteiger partial charge in [-0.05, 0) is 49.7 Å². The molecule has 0 aliphatic heterocycles. The maximum absolute atomic E-state index is 13.1. The van der Waals surface area contributed by atoms with Crippen LogP contribution in [0.4, 0.5) is 5.69 Å². The fourth-order valence-electron chi connectivity index (χ4n) is 3.06. The highest BCUT2D eigenvalue weighted by atomic mass is 16.5. The number of hydrogen-bond donors (Lipinski definition) is 1. The van der Waals surface area contributed by atoms with Gasteiger partial charge >= 0.3 is 5.97 Å². The van der Waals surface area contributed by atoms with Gasteiger partial charge in [0.15, 0.2) is 12.4 Å². The van der Waals surface area contributed by atoms with E-state index in [1.54, 1.807) is 42.5 Å². The first-order valence-electron chi connectivity index (χ1n) is 9.57. The maximum Gasteiger partial charge on any atom is 0.339 e. The van der Waals surface area contributed by atoms with Crippen molar-refractivity contribution in [3.8, 4) is 6.07 Å². The Morgan fingerprint density at radius 1 is 0.903 bits per heavy atom. The minimum Gasteiger partial charge on any atom is -0.452 e. The molecule has 31 heavy (non-hydrogen) atoms. The molecule has 1 N–H and O–H groups in total. The number of nitrogens with one attached hydrogen (secondary N) is 1. The summed E-state index contributed by atoms with van der Waals surface area (Å²) in [6, 6.07) is 20.3. The Kier molecular flexibility index (Phi) is 6.58. The van der Waals surface area contributed by atoms with E-state index in [4.69, 9.17) is 10.00 Å². The van der Waals surface area contributed by atoms with Crippen molar-refractivity contribution in [3.05, 3.63) is 100 Å². The van der Waals surface area contributed by atoms with Gasteiger partial charge in [-0.1, -0.05) is 42.0 Å². The Morgan fingerprint density at radius 2 is 1.65 bits per heavy atom. The van der Waals surface area contributed by atoms with Gasteiger partial charge in [0, 0.05) is 16.8 Å². The van der Waals surface area contributed by atoms with E-state index in [0.29, 0.717) is 16.8 Å². The SMILES string of the molecule is Cc1ccc(C)c(C(=O)c2ccccc2C(=O)OCC(=O)Nc2cccc(C#N)c2)c1. The van der Waals surface area contributed by atoms with Crippen LogP contribution < -0.4 is 5.32 Å². The van der Waals surface area contributed by atoms with Gasteiger partial charge in [-0.2, -0.15) is 5.26 Å². The zero-order valence-electron chi connectivity index (χ0n) is 17.1. The lowest BCUT2D eigenvalue weighted by Crippen LogP contribution is -2.22. The van der Waals surface area contributed by atoms with Crippen molar-refractivity contribution in [1.82, 2.24) is 0 Å². The Labute approximate surface area is 180 Å². The molecule has 6 nitrogen and oxygen atoms in total. The van der Waals surface area contributed by atoms with Crippen LogP contribution in [0.3, 0.4) is 0 Å². The number of ketones is 1. The van der Waals surface area contributed by atoms with E-state index in [2.05, 4.69) is 5.32 Å². The van der Waals surface area contributed by atoms with E-state index < -0.39 is 18.5 Å². The summed E-state index contributed by atoms with van der Waals surface area (Å²) in [6.07, 6.45) is 0. The van der Waals surface area contributed by atoms with Crippen LogP contribution >= 0.6 is 0 Å². The highest BCUT2D eigenvalue weighted by Crippen LogP contribution is 2.19. The zero-order chi connectivity index (χ0) is 22.4. The average Bonchev–Trinajstić information content (AvgIpc) is 2.78. The van der Waals surface area contributed by atoms with Gasteiger partial charge in [0.25, 0.3) is 5.91 Å². The molecule has 0 saturated carbocycles. The van der Waals surface area contributed by atoms with Crippen LogP contribution in [-0.4, -0.2) is 24.3 Å². The van der Waals surface area contributed by atoms with Crippen LogP contribution in [0.2, 0.25) is 0 Å². The van der Waals surface area contributed by atoms with Crippen molar-refractivity contribution < 1.29 is 19.1 Å². The van der Waals surface area contributed by atoms with Gasteiger partial charge in [-0.15, -0.1) is 0 Å². The fraction of sp³-hybridized carbons (Fsp3) is 0.120. The first-order valence-corrected chi connectivity index (χ1v) is 9.57. The van der Waals surface area contributed by atoms with Gasteiger partial charge in [0.2, 0.25) is 0 Å². The summed E-state index contributed by atoms with van der Waals surface area (Å²) in [4.78, 5) is 37.8. The minimum absolute atomic E-state index is 0.0904. The number of hydrogen-bond acceptors (Lipinski definition) is 5. The van der Waals surface area contributed by atoms with Crippen molar-refractivity contribution in [1.29, 1.82) is 5.26 Å². The number of nitriles is 1. The molecule has 0 aliphatic carbocycles. The number of benzene rings is 3. The first kappa shape index (κ1) is 21.5. The minimum atomic E-state index is -0.768. The Bertz CT molecular complexity index is 1210. The second kappa shape index (κ2) is 9.51. The Balaban J connectivity index is 1.72. The summed E-state index contributed by atoms with van der Waals surface area (Å²) in [5.74, 6) is -1.61. The van der Waals surface area contributed by atoms with Crippen molar-refractivity contribution in [2.45, 2.75) is 13.8 Å². The number of carbonyl (C=O) groups excluding carboxylic acids is 3. The number of anilines is 1. The summed E-state index contributed by atoms with van der Waals surface area (Å²) < 4.78 is 5.13. The number of ether oxygens (including phenoxy) is 1. The second-order valence-corrected chi connectivity index (χ2v) is 7.01. The summed E-state index contributed by atoms with van der Waals surface area (Å²) in [6.45, 7) is 3.20. The molecule has 0 bridgehead atoms. The van der Waals surface area contributed by atoms with E-state index in [9.17, 15) is 14.4 Å². The quantitative estimate of drug-likeness (QED) is 0.483. The van der Waals surface area contributed by atoms with E-state index >= 15 is 0 Å². The molecule has 3 aromatic carbocycles. The summed E-state index contributed by atoms with van der Waals surface area (Å²) in [7, 11) is 0. The van der Waals surface area contributed by atoms with E-state index in [0.717, 1.165) is 11.1 Å². The number of nitrogens with zero attached hydrogens (tertiary/aromatic N) is 1. The van der Waals surface area contributed by atoms with E-state index in [-0.39, 0.29) is 16.9 Å². The standard InChI is InChI=1S/C25H20N2O4/c1-16-10-11-17(2)22(12-16)24(29)20-8-3-4-9-21(20)25(30)31-15-23(28)27-19-7-5-6-18(13-19)14-26/h3-13H,15H2,1-2H3,(H,27,28). The average molecular weight is 412 g/mol. The molecule has 0 heterocycles. The lowest BCUT2D eigenvalue weighted by Gasteiger charge is -2.11. The van der Waals surface area contributed by atoms with Crippen molar-refractivity contribution in [2.24, 2.45) is 0 Å². The van der Waals surface area contributed by atoms with Gasteiger partial charge in [0.05, 0.1) is 17.2 Å². The van der Waals surface area contributed by atoms with Crippen LogP contribution in [0, 0.1) is 25.2 Å². The lowest BCUT2D eigenvalue weighted by molar-refractivity contribution is -0.119. The third-order valence-electron chi connectivity index (χ3n) is 4.64.